The number of benzene rings is 2. The average Bonchev–Trinajstić information content (AvgIpc) is 2.41. The summed E-state index contributed by atoms with van der Waals surface area (Å²) in [6, 6.07) is 11.6. The Bertz CT molecular complexity index is 644. The second-order valence-corrected chi connectivity index (χ2v) is 5.38. The molecule has 2 rings (SSSR count). The Morgan fingerprint density at radius 2 is 2.05 bits per heavy atom. The summed E-state index contributed by atoms with van der Waals surface area (Å²) in [5.41, 5.74) is 7.64. The Labute approximate surface area is 125 Å². The van der Waals surface area contributed by atoms with Crippen molar-refractivity contribution in [1.29, 1.82) is 0 Å². The Balaban J connectivity index is 2.13. The number of phenols is 1. The maximum Gasteiger partial charge on any atom is 0.251 e. The standard InChI is InChI=1S/C15H15BrN2O2/c1-9(10-3-2-4-12(19)7-10)18-15(20)11-5-6-14(17)13(16)8-11/h2-9,19H,17H2,1H3,(H,18,20). The van der Waals surface area contributed by atoms with Crippen LogP contribution in [-0.2, 0) is 0 Å². The van der Waals surface area contributed by atoms with Gasteiger partial charge in [-0.05, 0) is 58.7 Å². The molecule has 0 aliphatic carbocycles. The molecule has 0 bridgehead atoms. The minimum Gasteiger partial charge on any atom is -0.508 e. The van der Waals surface area contributed by atoms with Crippen LogP contribution in [0, 0.1) is 0 Å². The SMILES string of the molecule is CC(NC(=O)c1ccc(N)c(Br)c1)c1cccc(O)c1. The number of anilines is 1. The molecule has 4 nitrogen and oxygen atoms in total. The Kier molecular flexibility index (Phi) is 4.29. The van der Waals surface area contributed by atoms with E-state index in [-0.39, 0.29) is 17.7 Å². The molecule has 0 spiro atoms. The summed E-state index contributed by atoms with van der Waals surface area (Å²) in [4.78, 5) is 12.1. The minimum absolute atomic E-state index is 0.179. The number of hydrogen-bond acceptors (Lipinski definition) is 3. The maximum absolute atomic E-state index is 12.1. The predicted octanol–water partition coefficient (Wildman–Crippen LogP) is 3.23. The Morgan fingerprint density at radius 3 is 2.70 bits per heavy atom. The average molecular weight is 335 g/mol. The van der Waals surface area contributed by atoms with Gasteiger partial charge in [0.05, 0.1) is 6.04 Å². The molecule has 0 aromatic heterocycles. The van der Waals surface area contributed by atoms with Crippen molar-refractivity contribution in [2.75, 3.05) is 5.73 Å². The van der Waals surface area contributed by atoms with E-state index in [0.717, 1.165) is 5.56 Å². The number of halogens is 1. The highest BCUT2D eigenvalue weighted by molar-refractivity contribution is 9.10. The molecule has 5 heteroatoms. The quantitative estimate of drug-likeness (QED) is 0.754. The van der Waals surface area contributed by atoms with Crippen LogP contribution in [-0.4, -0.2) is 11.0 Å². The molecule has 104 valence electrons. The van der Waals surface area contributed by atoms with Crippen LogP contribution in [0.3, 0.4) is 0 Å². The molecule has 0 aliphatic heterocycles. The number of amides is 1. The van der Waals surface area contributed by atoms with E-state index in [1.165, 1.54) is 0 Å². The first-order chi connectivity index (χ1) is 9.47. The Hall–Kier alpha value is -2.01. The van der Waals surface area contributed by atoms with Gasteiger partial charge < -0.3 is 16.2 Å². The van der Waals surface area contributed by atoms with Gasteiger partial charge in [-0.25, -0.2) is 0 Å². The molecule has 0 radical (unpaired) electrons. The number of nitrogens with two attached hydrogens (primary N) is 1. The van der Waals surface area contributed by atoms with E-state index in [0.29, 0.717) is 15.7 Å². The smallest absolute Gasteiger partial charge is 0.251 e. The number of hydrogen-bond donors (Lipinski definition) is 3. The number of carbonyl (C=O) groups excluding carboxylic acids is 1. The van der Waals surface area contributed by atoms with E-state index in [9.17, 15) is 9.90 Å². The molecule has 0 fully saturated rings. The highest BCUT2D eigenvalue weighted by Gasteiger charge is 2.12. The summed E-state index contributed by atoms with van der Waals surface area (Å²) in [6.07, 6.45) is 0. The zero-order chi connectivity index (χ0) is 14.7. The molecule has 1 atom stereocenters. The summed E-state index contributed by atoms with van der Waals surface area (Å²) >= 11 is 3.30. The van der Waals surface area contributed by atoms with E-state index in [1.54, 1.807) is 36.4 Å². The zero-order valence-electron chi connectivity index (χ0n) is 10.9. The van der Waals surface area contributed by atoms with Gasteiger partial charge >= 0.3 is 0 Å². The summed E-state index contributed by atoms with van der Waals surface area (Å²) < 4.78 is 0.690. The van der Waals surface area contributed by atoms with Crippen molar-refractivity contribution in [2.24, 2.45) is 0 Å². The van der Waals surface area contributed by atoms with Crippen LogP contribution < -0.4 is 11.1 Å². The number of aromatic hydroxyl groups is 1. The Morgan fingerprint density at radius 1 is 1.30 bits per heavy atom. The van der Waals surface area contributed by atoms with Gasteiger partial charge in [-0.15, -0.1) is 0 Å². The van der Waals surface area contributed by atoms with Crippen molar-refractivity contribution >= 4 is 27.5 Å². The van der Waals surface area contributed by atoms with Crippen LogP contribution in [0.2, 0.25) is 0 Å². The summed E-state index contributed by atoms with van der Waals surface area (Å²) in [5, 5.41) is 12.3. The van der Waals surface area contributed by atoms with E-state index >= 15 is 0 Å². The highest BCUT2D eigenvalue weighted by Crippen LogP contribution is 2.22. The fourth-order valence-corrected chi connectivity index (χ4v) is 2.20. The van der Waals surface area contributed by atoms with Crippen molar-refractivity contribution in [3.63, 3.8) is 0 Å². The van der Waals surface area contributed by atoms with Crippen LogP contribution >= 0.6 is 15.9 Å². The van der Waals surface area contributed by atoms with Crippen LogP contribution in [0.25, 0.3) is 0 Å². The first-order valence-electron chi connectivity index (χ1n) is 6.12. The topological polar surface area (TPSA) is 75.4 Å². The predicted molar refractivity (Wildman–Crippen MR) is 82.5 cm³/mol. The first-order valence-corrected chi connectivity index (χ1v) is 6.91. The largest absolute Gasteiger partial charge is 0.508 e. The van der Waals surface area contributed by atoms with E-state index in [4.69, 9.17) is 5.73 Å². The van der Waals surface area contributed by atoms with Crippen LogP contribution in [0.4, 0.5) is 5.69 Å². The molecule has 0 heterocycles. The molecule has 20 heavy (non-hydrogen) atoms. The number of nitrogen functional groups attached to an aromatic ring is 1. The molecular weight excluding hydrogens is 320 g/mol. The van der Waals surface area contributed by atoms with Gasteiger partial charge in [-0.2, -0.15) is 0 Å². The molecule has 2 aromatic rings. The zero-order valence-corrected chi connectivity index (χ0v) is 12.5. The molecule has 0 aliphatic rings. The van der Waals surface area contributed by atoms with Gasteiger partial charge in [0.25, 0.3) is 5.91 Å². The van der Waals surface area contributed by atoms with Gasteiger partial charge in [-0.3, -0.25) is 4.79 Å². The normalized spacial score (nSPS) is 11.9. The maximum atomic E-state index is 12.1. The third kappa shape index (κ3) is 3.30. The van der Waals surface area contributed by atoms with Crippen LogP contribution in [0.5, 0.6) is 5.75 Å². The van der Waals surface area contributed by atoms with Crippen molar-refractivity contribution in [2.45, 2.75) is 13.0 Å². The number of nitrogens with one attached hydrogen (secondary N) is 1. The lowest BCUT2D eigenvalue weighted by molar-refractivity contribution is 0.0940. The fraction of sp³-hybridized carbons (Fsp3) is 0.133. The molecule has 0 saturated heterocycles. The summed E-state index contributed by atoms with van der Waals surface area (Å²) in [7, 11) is 0. The third-order valence-electron chi connectivity index (χ3n) is 2.98. The van der Waals surface area contributed by atoms with Crippen molar-refractivity contribution in [3.8, 4) is 5.75 Å². The van der Waals surface area contributed by atoms with Crippen molar-refractivity contribution < 1.29 is 9.90 Å². The molecule has 0 saturated carbocycles. The first kappa shape index (κ1) is 14.4. The second-order valence-electron chi connectivity index (χ2n) is 4.53. The second kappa shape index (κ2) is 5.96. The lowest BCUT2D eigenvalue weighted by Crippen LogP contribution is -2.26. The van der Waals surface area contributed by atoms with Gasteiger partial charge in [0.1, 0.15) is 5.75 Å². The molecule has 1 unspecified atom stereocenters. The third-order valence-corrected chi connectivity index (χ3v) is 3.67. The van der Waals surface area contributed by atoms with Gasteiger partial charge in [0, 0.05) is 15.7 Å². The summed E-state index contributed by atoms with van der Waals surface area (Å²) in [5.74, 6) is -0.0135. The summed E-state index contributed by atoms with van der Waals surface area (Å²) in [6.45, 7) is 1.86. The number of rotatable bonds is 3. The number of phenolic OH excluding ortho intramolecular Hbond substituents is 1. The van der Waals surface area contributed by atoms with E-state index in [1.807, 2.05) is 13.0 Å². The van der Waals surface area contributed by atoms with Crippen molar-refractivity contribution in [1.82, 2.24) is 5.32 Å². The van der Waals surface area contributed by atoms with Crippen LogP contribution in [0.15, 0.2) is 46.9 Å². The minimum atomic E-state index is -0.203. The van der Waals surface area contributed by atoms with Gasteiger partial charge in [0.15, 0.2) is 0 Å². The lowest BCUT2D eigenvalue weighted by atomic mass is 10.1. The lowest BCUT2D eigenvalue weighted by Gasteiger charge is -2.15. The van der Waals surface area contributed by atoms with Crippen molar-refractivity contribution in [3.05, 3.63) is 58.1 Å². The fourth-order valence-electron chi connectivity index (χ4n) is 1.83. The molecule has 2 aromatic carbocycles. The number of carbonyl (C=O) groups is 1. The molecular formula is C15H15BrN2O2. The van der Waals surface area contributed by atoms with E-state index < -0.39 is 0 Å². The van der Waals surface area contributed by atoms with Gasteiger partial charge in [0.2, 0.25) is 0 Å². The highest BCUT2D eigenvalue weighted by atomic mass is 79.9. The van der Waals surface area contributed by atoms with E-state index in [2.05, 4.69) is 21.2 Å². The van der Waals surface area contributed by atoms with Gasteiger partial charge in [-0.1, -0.05) is 12.1 Å². The monoisotopic (exact) mass is 334 g/mol. The molecule has 1 amide bonds. The van der Waals surface area contributed by atoms with Crippen LogP contribution in [0.1, 0.15) is 28.9 Å². The molecule has 4 N–H and O–H groups in total.